The number of benzene rings is 1. The van der Waals surface area contributed by atoms with Crippen LogP contribution >= 0.6 is 11.8 Å². The van der Waals surface area contributed by atoms with Gasteiger partial charge in [-0.05, 0) is 25.2 Å². The third-order valence-corrected chi connectivity index (χ3v) is 4.10. The average Bonchev–Trinajstić information content (AvgIpc) is 2.68. The van der Waals surface area contributed by atoms with Gasteiger partial charge in [0.15, 0.2) is 11.5 Å². The van der Waals surface area contributed by atoms with Gasteiger partial charge < -0.3 is 19.5 Å². The zero-order chi connectivity index (χ0) is 13.5. The summed E-state index contributed by atoms with van der Waals surface area (Å²) in [4.78, 5) is 1.20. The molecule has 0 amide bonds. The smallest absolute Gasteiger partial charge is 0.162 e. The van der Waals surface area contributed by atoms with Crippen molar-refractivity contribution in [2.75, 3.05) is 39.7 Å². The van der Waals surface area contributed by atoms with Crippen molar-refractivity contribution in [3.8, 4) is 11.5 Å². The van der Waals surface area contributed by atoms with Crippen molar-refractivity contribution in [1.29, 1.82) is 0 Å². The molecule has 1 aliphatic rings. The predicted molar refractivity (Wildman–Crippen MR) is 77.5 cm³/mol. The van der Waals surface area contributed by atoms with Gasteiger partial charge in [0, 0.05) is 30.2 Å². The van der Waals surface area contributed by atoms with Gasteiger partial charge in [-0.25, -0.2) is 0 Å². The summed E-state index contributed by atoms with van der Waals surface area (Å²) in [6.45, 7) is 2.17. The van der Waals surface area contributed by atoms with Crippen molar-refractivity contribution in [3.05, 3.63) is 18.2 Å². The van der Waals surface area contributed by atoms with E-state index in [0.717, 1.165) is 36.9 Å². The van der Waals surface area contributed by atoms with Gasteiger partial charge in [-0.3, -0.25) is 0 Å². The molecule has 1 atom stereocenters. The first-order chi connectivity index (χ1) is 9.33. The van der Waals surface area contributed by atoms with Gasteiger partial charge in [-0.15, -0.1) is 11.8 Å². The fourth-order valence-corrected chi connectivity index (χ4v) is 2.86. The Morgan fingerprint density at radius 2 is 2.11 bits per heavy atom. The summed E-state index contributed by atoms with van der Waals surface area (Å²) in [5.74, 6) is 2.67. The first-order valence-electron chi connectivity index (χ1n) is 6.52. The number of methoxy groups -OCH3 is 1. The lowest BCUT2D eigenvalue weighted by Gasteiger charge is -2.15. The Kier molecular flexibility index (Phi) is 5.82. The Balaban J connectivity index is 1.95. The van der Waals surface area contributed by atoms with Gasteiger partial charge in [0.1, 0.15) is 0 Å². The molecule has 19 heavy (non-hydrogen) atoms. The van der Waals surface area contributed by atoms with E-state index < -0.39 is 0 Å². The van der Waals surface area contributed by atoms with Gasteiger partial charge in [-0.1, -0.05) is 0 Å². The maximum absolute atomic E-state index is 5.69. The number of rotatable bonds is 6. The van der Waals surface area contributed by atoms with E-state index in [4.69, 9.17) is 14.2 Å². The molecule has 0 fully saturated rings. The maximum Gasteiger partial charge on any atom is 0.162 e. The van der Waals surface area contributed by atoms with Crippen LogP contribution in [0.3, 0.4) is 0 Å². The first-order valence-corrected chi connectivity index (χ1v) is 7.50. The van der Waals surface area contributed by atoms with Crippen molar-refractivity contribution in [3.63, 3.8) is 0 Å². The van der Waals surface area contributed by atoms with Crippen molar-refractivity contribution in [2.45, 2.75) is 17.4 Å². The van der Waals surface area contributed by atoms with Crippen LogP contribution in [-0.4, -0.2) is 45.8 Å². The van der Waals surface area contributed by atoms with Crippen LogP contribution in [-0.2, 0) is 4.74 Å². The zero-order valence-corrected chi connectivity index (χ0v) is 12.3. The molecule has 1 N–H and O–H groups in total. The van der Waals surface area contributed by atoms with E-state index in [9.17, 15) is 0 Å². The fraction of sp³-hybridized carbons (Fsp3) is 0.571. The molecule has 5 heteroatoms. The van der Waals surface area contributed by atoms with Crippen molar-refractivity contribution in [2.24, 2.45) is 0 Å². The highest BCUT2D eigenvalue weighted by Crippen LogP contribution is 2.33. The highest BCUT2D eigenvalue weighted by molar-refractivity contribution is 7.99. The van der Waals surface area contributed by atoms with Gasteiger partial charge in [0.2, 0.25) is 0 Å². The standard InChI is InChI=1S/C14H21NO3S/c1-15-11(9-16-2)10-19-12-4-5-13-14(8-12)18-7-3-6-17-13/h4-5,8,11,15H,3,6-7,9-10H2,1-2H3. The molecule has 1 aromatic rings. The van der Waals surface area contributed by atoms with Crippen LogP contribution in [0.2, 0.25) is 0 Å². The number of hydrogen-bond donors (Lipinski definition) is 1. The molecule has 4 nitrogen and oxygen atoms in total. The molecule has 1 aromatic carbocycles. The molecular weight excluding hydrogens is 262 g/mol. The third kappa shape index (κ3) is 4.30. The van der Waals surface area contributed by atoms with Crippen molar-refractivity contribution >= 4 is 11.8 Å². The van der Waals surface area contributed by atoms with E-state index in [-0.39, 0.29) is 0 Å². The Morgan fingerprint density at radius 1 is 1.32 bits per heavy atom. The SMILES string of the molecule is CNC(COC)CSc1ccc2c(c1)OCCCO2. The van der Waals surface area contributed by atoms with E-state index >= 15 is 0 Å². The number of hydrogen-bond acceptors (Lipinski definition) is 5. The number of nitrogens with one attached hydrogen (secondary N) is 1. The molecule has 0 bridgehead atoms. The van der Waals surface area contributed by atoms with Crippen LogP contribution in [0.1, 0.15) is 6.42 Å². The summed E-state index contributed by atoms with van der Waals surface area (Å²) in [6.07, 6.45) is 0.937. The molecule has 0 radical (unpaired) electrons. The minimum absolute atomic E-state index is 0.353. The summed E-state index contributed by atoms with van der Waals surface area (Å²) in [7, 11) is 3.68. The largest absolute Gasteiger partial charge is 0.490 e. The first kappa shape index (κ1) is 14.5. The molecule has 1 heterocycles. The molecule has 0 saturated carbocycles. The van der Waals surface area contributed by atoms with Crippen LogP contribution in [0.15, 0.2) is 23.1 Å². The fourth-order valence-electron chi connectivity index (χ4n) is 1.85. The second-order valence-electron chi connectivity index (χ2n) is 4.41. The number of likely N-dealkylation sites (N-methyl/N-ethyl adjacent to an activating group) is 1. The van der Waals surface area contributed by atoms with E-state index in [1.807, 2.05) is 13.1 Å². The van der Waals surface area contributed by atoms with Crippen molar-refractivity contribution < 1.29 is 14.2 Å². The van der Waals surface area contributed by atoms with E-state index in [2.05, 4.69) is 17.4 Å². The second-order valence-corrected chi connectivity index (χ2v) is 5.50. The molecule has 1 unspecified atom stereocenters. The molecular formula is C14H21NO3S. The molecule has 1 aliphatic heterocycles. The lowest BCUT2D eigenvalue weighted by atomic mass is 10.3. The lowest BCUT2D eigenvalue weighted by molar-refractivity contribution is 0.177. The van der Waals surface area contributed by atoms with E-state index in [0.29, 0.717) is 12.6 Å². The predicted octanol–water partition coefficient (Wildman–Crippen LogP) is 2.17. The summed E-state index contributed by atoms with van der Waals surface area (Å²) in [6, 6.07) is 6.49. The topological polar surface area (TPSA) is 39.7 Å². The number of thioether (sulfide) groups is 1. The monoisotopic (exact) mass is 283 g/mol. The minimum atomic E-state index is 0.353. The van der Waals surface area contributed by atoms with Gasteiger partial charge in [0.05, 0.1) is 19.8 Å². The molecule has 106 valence electrons. The van der Waals surface area contributed by atoms with Crippen LogP contribution in [0.25, 0.3) is 0 Å². The Hall–Kier alpha value is -0.910. The molecule has 0 spiro atoms. The average molecular weight is 283 g/mol. The molecule has 0 saturated heterocycles. The van der Waals surface area contributed by atoms with Crippen LogP contribution < -0.4 is 14.8 Å². The normalized spacial score (nSPS) is 15.9. The van der Waals surface area contributed by atoms with Crippen LogP contribution in [0, 0.1) is 0 Å². The summed E-state index contributed by atoms with van der Waals surface area (Å²) in [5.41, 5.74) is 0. The number of fused-ring (bicyclic) bond motifs is 1. The Morgan fingerprint density at radius 3 is 2.84 bits per heavy atom. The summed E-state index contributed by atoms with van der Waals surface area (Å²) < 4.78 is 16.5. The zero-order valence-electron chi connectivity index (χ0n) is 11.5. The summed E-state index contributed by atoms with van der Waals surface area (Å²) in [5, 5.41) is 3.24. The molecule has 0 aromatic heterocycles. The highest BCUT2D eigenvalue weighted by atomic mass is 32.2. The van der Waals surface area contributed by atoms with Gasteiger partial charge in [-0.2, -0.15) is 0 Å². The van der Waals surface area contributed by atoms with E-state index in [1.165, 1.54) is 4.90 Å². The lowest BCUT2D eigenvalue weighted by Crippen LogP contribution is -2.32. The Labute approximate surface area is 118 Å². The molecule has 0 aliphatic carbocycles. The summed E-state index contributed by atoms with van der Waals surface area (Å²) >= 11 is 1.79. The van der Waals surface area contributed by atoms with E-state index in [1.54, 1.807) is 18.9 Å². The van der Waals surface area contributed by atoms with Gasteiger partial charge >= 0.3 is 0 Å². The minimum Gasteiger partial charge on any atom is -0.490 e. The maximum atomic E-state index is 5.69. The van der Waals surface area contributed by atoms with Crippen LogP contribution in [0.5, 0.6) is 11.5 Å². The molecule has 2 rings (SSSR count). The number of ether oxygens (including phenoxy) is 3. The van der Waals surface area contributed by atoms with Crippen LogP contribution in [0.4, 0.5) is 0 Å². The van der Waals surface area contributed by atoms with Crippen molar-refractivity contribution in [1.82, 2.24) is 5.32 Å². The Bertz CT molecular complexity index is 400. The quantitative estimate of drug-likeness (QED) is 0.810. The second kappa shape index (κ2) is 7.62. The van der Waals surface area contributed by atoms with Gasteiger partial charge in [0.25, 0.3) is 0 Å². The third-order valence-electron chi connectivity index (χ3n) is 2.95. The highest BCUT2D eigenvalue weighted by Gasteiger charge is 2.12.